The molecule has 0 aliphatic carbocycles. The minimum Gasteiger partial charge on any atom is -0.348 e. The first-order valence-corrected chi connectivity index (χ1v) is 8.73. The summed E-state index contributed by atoms with van der Waals surface area (Å²) in [5.41, 5.74) is 4.16. The van der Waals surface area contributed by atoms with E-state index in [1.54, 1.807) is 18.6 Å². The van der Waals surface area contributed by atoms with Crippen LogP contribution in [0.3, 0.4) is 0 Å². The second kappa shape index (κ2) is 8.50. The summed E-state index contributed by atoms with van der Waals surface area (Å²) in [6.45, 7) is 3.22. The molecule has 0 saturated carbocycles. The molecular weight excluding hydrogens is 346 g/mol. The maximum atomic E-state index is 12.0. The van der Waals surface area contributed by atoms with Gasteiger partial charge >= 0.3 is 0 Å². The Morgan fingerprint density at radius 3 is 2.65 bits per heavy atom. The molecule has 0 aliphatic heterocycles. The molecule has 132 valence electrons. The predicted molar refractivity (Wildman–Crippen MR) is 105 cm³/mol. The van der Waals surface area contributed by atoms with Crippen molar-refractivity contribution in [2.75, 3.05) is 0 Å². The van der Waals surface area contributed by atoms with E-state index in [-0.39, 0.29) is 5.91 Å². The summed E-state index contributed by atoms with van der Waals surface area (Å²) >= 11 is 6.09. The third-order valence-electron chi connectivity index (χ3n) is 4.04. The third-order valence-corrected chi connectivity index (χ3v) is 4.44. The fourth-order valence-corrected chi connectivity index (χ4v) is 2.68. The van der Waals surface area contributed by atoms with E-state index in [0.29, 0.717) is 11.6 Å². The van der Waals surface area contributed by atoms with E-state index in [0.717, 1.165) is 23.2 Å². The van der Waals surface area contributed by atoms with Crippen LogP contribution in [0.2, 0.25) is 5.02 Å². The summed E-state index contributed by atoms with van der Waals surface area (Å²) in [7, 11) is 0. The van der Waals surface area contributed by atoms with Gasteiger partial charge in [-0.05, 0) is 41.3 Å². The largest absolute Gasteiger partial charge is 0.348 e. The summed E-state index contributed by atoms with van der Waals surface area (Å²) in [5, 5.41) is 3.58. The molecule has 0 bridgehead atoms. The predicted octanol–water partition coefficient (Wildman–Crippen LogP) is 4.22. The Bertz CT molecular complexity index is 900. The van der Waals surface area contributed by atoms with Crippen LogP contribution in [0.25, 0.3) is 6.08 Å². The molecule has 5 heteroatoms. The average Bonchev–Trinajstić information content (AvgIpc) is 3.15. The SMILES string of the molecule is Cc1ccc(/C=C/C(=O)NCc2ccc(Cn3ccnc3)cc2)cc1Cl. The minimum absolute atomic E-state index is 0.135. The molecule has 3 rings (SSSR count). The molecule has 26 heavy (non-hydrogen) atoms. The molecule has 0 spiro atoms. The van der Waals surface area contributed by atoms with Crippen molar-refractivity contribution in [1.82, 2.24) is 14.9 Å². The zero-order chi connectivity index (χ0) is 18.4. The van der Waals surface area contributed by atoms with Crippen LogP contribution in [0.5, 0.6) is 0 Å². The van der Waals surface area contributed by atoms with Crippen molar-refractivity contribution >= 4 is 23.6 Å². The highest BCUT2D eigenvalue weighted by Crippen LogP contribution is 2.17. The van der Waals surface area contributed by atoms with Gasteiger partial charge in [0.15, 0.2) is 0 Å². The molecular formula is C21H20ClN3O. The van der Waals surface area contributed by atoms with Gasteiger partial charge in [0.2, 0.25) is 5.91 Å². The van der Waals surface area contributed by atoms with Gasteiger partial charge in [0.05, 0.1) is 6.33 Å². The van der Waals surface area contributed by atoms with Crippen molar-refractivity contribution in [2.24, 2.45) is 0 Å². The van der Waals surface area contributed by atoms with Gasteiger partial charge in [-0.15, -0.1) is 0 Å². The van der Waals surface area contributed by atoms with Crippen molar-refractivity contribution in [3.63, 3.8) is 0 Å². The van der Waals surface area contributed by atoms with Crippen LogP contribution in [0, 0.1) is 6.92 Å². The van der Waals surface area contributed by atoms with E-state index in [2.05, 4.69) is 22.4 Å². The van der Waals surface area contributed by atoms with Gasteiger partial charge in [-0.3, -0.25) is 4.79 Å². The Labute approximate surface area is 158 Å². The molecule has 0 fully saturated rings. The lowest BCUT2D eigenvalue weighted by atomic mass is 10.1. The molecule has 1 N–H and O–H groups in total. The van der Waals surface area contributed by atoms with Gasteiger partial charge < -0.3 is 9.88 Å². The standard InChI is InChI=1S/C21H20ClN3O/c1-16-2-3-17(12-20(16)22)8-9-21(26)24-13-18-4-6-19(7-5-18)14-25-11-10-23-15-25/h2-12,15H,13-14H2,1H3,(H,24,26)/b9-8+. The zero-order valence-corrected chi connectivity index (χ0v) is 15.3. The van der Waals surface area contributed by atoms with Crippen LogP contribution in [-0.4, -0.2) is 15.5 Å². The van der Waals surface area contributed by atoms with E-state index in [1.165, 1.54) is 11.6 Å². The number of imidazole rings is 1. The molecule has 0 saturated heterocycles. The van der Waals surface area contributed by atoms with E-state index in [4.69, 9.17) is 11.6 Å². The summed E-state index contributed by atoms with van der Waals surface area (Å²) in [5.74, 6) is -0.135. The molecule has 0 aliphatic rings. The second-order valence-corrected chi connectivity index (χ2v) is 6.52. The monoisotopic (exact) mass is 365 g/mol. The topological polar surface area (TPSA) is 46.9 Å². The molecule has 0 atom stereocenters. The Kier molecular flexibility index (Phi) is 5.87. The summed E-state index contributed by atoms with van der Waals surface area (Å²) in [6, 6.07) is 13.9. The van der Waals surface area contributed by atoms with Crippen LogP contribution < -0.4 is 5.32 Å². The third kappa shape index (κ3) is 5.07. The molecule has 3 aromatic rings. The number of hydrogen-bond donors (Lipinski definition) is 1. The first-order chi connectivity index (χ1) is 12.6. The fourth-order valence-electron chi connectivity index (χ4n) is 2.49. The lowest BCUT2D eigenvalue weighted by molar-refractivity contribution is -0.116. The van der Waals surface area contributed by atoms with Crippen LogP contribution in [0.4, 0.5) is 0 Å². The van der Waals surface area contributed by atoms with Crippen LogP contribution in [0.15, 0.2) is 67.3 Å². The molecule has 1 aromatic heterocycles. The normalized spacial score (nSPS) is 11.0. The maximum Gasteiger partial charge on any atom is 0.244 e. The van der Waals surface area contributed by atoms with Crippen molar-refractivity contribution in [3.8, 4) is 0 Å². The van der Waals surface area contributed by atoms with E-state index in [1.807, 2.05) is 48.0 Å². The first kappa shape index (κ1) is 18.0. The number of nitrogens with zero attached hydrogens (tertiary/aromatic N) is 2. The van der Waals surface area contributed by atoms with Crippen molar-refractivity contribution in [2.45, 2.75) is 20.0 Å². The fraction of sp³-hybridized carbons (Fsp3) is 0.143. The summed E-state index contributed by atoms with van der Waals surface area (Å²) < 4.78 is 2.01. The number of nitrogens with one attached hydrogen (secondary N) is 1. The van der Waals surface area contributed by atoms with Gasteiger partial charge in [0.1, 0.15) is 0 Å². The molecule has 1 heterocycles. The number of aryl methyl sites for hydroxylation is 1. The number of rotatable bonds is 6. The van der Waals surface area contributed by atoms with E-state index < -0.39 is 0 Å². The highest BCUT2D eigenvalue weighted by atomic mass is 35.5. The Morgan fingerprint density at radius 1 is 1.19 bits per heavy atom. The van der Waals surface area contributed by atoms with Gasteiger partial charge in [0.25, 0.3) is 0 Å². The molecule has 2 aromatic carbocycles. The van der Waals surface area contributed by atoms with Crippen LogP contribution in [0.1, 0.15) is 22.3 Å². The molecule has 4 nitrogen and oxygen atoms in total. The first-order valence-electron chi connectivity index (χ1n) is 8.36. The molecule has 0 radical (unpaired) electrons. The van der Waals surface area contributed by atoms with Crippen molar-refractivity contribution < 1.29 is 4.79 Å². The van der Waals surface area contributed by atoms with Crippen LogP contribution in [-0.2, 0) is 17.9 Å². The highest BCUT2D eigenvalue weighted by molar-refractivity contribution is 6.31. The second-order valence-electron chi connectivity index (χ2n) is 6.11. The van der Waals surface area contributed by atoms with Gasteiger partial charge in [-0.2, -0.15) is 0 Å². The zero-order valence-electron chi connectivity index (χ0n) is 14.5. The van der Waals surface area contributed by atoms with Crippen molar-refractivity contribution in [3.05, 3.63) is 94.5 Å². The van der Waals surface area contributed by atoms with E-state index in [9.17, 15) is 4.79 Å². The number of halogens is 1. The quantitative estimate of drug-likeness (QED) is 0.665. The Morgan fingerprint density at radius 2 is 1.96 bits per heavy atom. The number of amides is 1. The summed E-state index contributed by atoms with van der Waals surface area (Å²) in [6.07, 6.45) is 8.77. The highest BCUT2D eigenvalue weighted by Gasteiger charge is 2.00. The molecule has 0 unspecified atom stereocenters. The number of carbonyl (C=O) groups excluding carboxylic acids is 1. The maximum absolute atomic E-state index is 12.0. The average molecular weight is 366 g/mol. The Balaban J connectivity index is 1.50. The minimum atomic E-state index is -0.135. The van der Waals surface area contributed by atoms with Crippen molar-refractivity contribution in [1.29, 1.82) is 0 Å². The number of aromatic nitrogens is 2. The van der Waals surface area contributed by atoms with Gasteiger partial charge in [0, 0.05) is 36.6 Å². The van der Waals surface area contributed by atoms with Gasteiger partial charge in [-0.1, -0.05) is 48.0 Å². The lowest BCUT2D eigenvalue weighted by Gasteiger charge is -2.06. The number of benzene rings is 2. The van der Waals surface area contributed by atoms with Crippen LogP contribution >= 0.6 is 11.6 Å². The van der Waals surface area contributed by atoms with E-state index >= 15 is 0 Å². The Hall–Kier alpha value is -2.85. The lowest BCUT2D eigenvalue weighted by Crippen LogP contribution is -2.20. The number of carbonyl (C=O) groups is 1. The smallest absolute Gasteiger partial charge is 0.244 e. The summed E-state index contributed by atoms with van der Waals surface area (Å²) in [4.78, 5) is 16.0. The molecule has 1 amide bonds. The number of hydrogen-bond acceptors (Lipinski definition) is 2. The van der Waals surface area contributed by atoms with Gasteiger partial charge in [-0.25, -0.2) is 4.98 Å².